The summed E-state index contributed by atoms with van der Waals surface area (Å²) in [6.07, 6.45) is 12.8. The highest BCUT2D eigenvalue weighted by molar-refractivity contribution is 5.29. The summed E-state index contributed by atoms with van der Waals surface area (Å²) in [5.41, 5.74) is 2.13. The van der Waals surface area contributed by atoms with E-state index in [4.69, 9.17) is 0 Å². The van der Waals surface area contributed by atoms with Crippen molar-refractivity contribution in [1.29, 1.82) is 0 Å². The highest BCUT2D eigenvalue weighted by Crippen LogP contribution is 2.44. The molecule has 1 fully saturated rings. The third-order valence-corrected chi connectivity index (χ3v) is 3.36. The van der Waals surface area contributed by atoms with Crippen LogP contribution in [-0.4, -0.2) is 0 Å². The maximum absolute atomic E-state index is 2.47. The molecule has 2 rings (SSSR count). The van der Waals surface area contributed by atoms with Crippen LogP contribution in [0, 0.1) is 11.3 Å². The van der Waals surface area contributed by atoms with Gasteiger partial charge in [0.2, 0.25) is 0 Å². The lowest BCUT2D eigenvalue weighted by molar-refractivity contribution is 0.371. The Balaban J connectivity index is 2.28. The van der Waals surface area contributed by atoms with E-state index in [2.05, 4.69) is 32.1 Å². The smallest absolute Gasteiger partial charge is 0.00629 e. The largest absolute Gasteiger partial charge is 0.0810 e. The summed E-state index contributed by atoms with van der Waals surface area (Å²) in [7, 11) is 0. The average molecular weight is 162 g/mol. The number of rotatable bonds is 0. The lowest BCUT2D eigenvalue weighted by atomic mass is 9.68. The van der Waals surface area contributed by atoms with E-state index in [0.29, 0.717) is 11.3 Å². The van der Waals surface area contributed by atoms with Gasteiger partial charge in [-0.3, -0.25) is 0 Å². The molecule has 0 nitrogen and oxygen atoms in total. The molecule has 1 saturated carbocycles. The first-order chi connectivity index (χ1) is 5.71. The Kier molecular flexibility index (Phi) is 1.86. The average Bonchev–Trinajstić information content (AvgIpc) is 2.06. The molecular formula is C12H18. The molecule has 0 heteroatoms. The van der Waals surface area contributed by atoms with Gasteiger partial charge < -0.3 is 0 Å². The normalized spacial score (nSPS) is 40.5. The summed E-state index contributed by atoms with van der Waals surface area (Å²) < 4.78 is 0. The van der Waals surface area contributed by atoms with Gasteiger partial charge in [0.05, 0.1) is 0 Å². The van der Waals surface area contributed by atoms with Crippen LogP contribution in [0.25, 0.3) is 0 Å². The van der Waals surface area contributed by atoms with Gasteiger partial charge in [0.25, 0.3) is 0 Å². The van der Waals surface area contributed by atoms with Crippen LogP contribution in [0.1, 0.15) is 39.5 Å². The second-order valence-corrected chi connectivity index (χ2v) is 4.53. The second-order valence-electron chi connectivity index (χ2n) is 4.53. The number of hydrogen-bond donors (Lipinski definition) is 0. The van der Waals surface area contributed by atoms with Crippen molar-refractivity contribution >= 4 is 0 Å². The molecule has 12 heavy (non-hydrogen) atoms. The summed E-state index contributed by atoms with van der Waals surface area (Å²) in [6.45, 7) is 4.66. The van der Waals surface area contributed by atoms with Crippen LogP contribution in [0.15, 0.2) is 23.8 Å². The number of fused-ring (bicyclic) bond motifs is 1. The van der Waals surface area contributed by atoms with Crippen molar-refractivity contribution < 1.29 is 0 Å². The summed E-state index contributed by atoms with van der Waals surface area (Å²) in [6, 6.07) is 0. The quantitative estimate of drug-likeness (QED) is 0.476. The molecule has 0 radical (unpaired) electrons. The maximum Gasteiger partial charge on any atom is 0.00629 e. The SMILES string of the molecule is C[C@H]1C=C[C@]2(C)CCCCC2=C1. The summed E-state index contributed by atoms with van der Waals surface area (Å²) in [5.74, 6) is 0.672. The lowest BCUT2D eigenvalue weighted by Gasteiger charge is -2.37. The molecule has 0 unspecified atom stereocenters. The van der Waals surface area contributed by atoms with E-state index >= 15 is 0 Å². The zero-order valence-corrected chi connectivity index (χ0v) is 8.14. The van der Waals surface area contributed by atoms with E-state index < -0.39 is 0 Å². The van der Waals surface area contributed by atoms with Gasteiger partial charge in [0, 0.05) is 5.41 Å². The van der Waals surface area contributed by atoms with Gasteiger partial charge in [-0.2, -0.15) is 0 Å². The molecule has 2 atom stereocenters. The van der Waals surface area contributed by atoms with Gasteiger partial charge in [-0.05, 0) is 25.2 Å². The Morgan fingerprint density at radius 3 is 3.08 bits per heavy atom. The number of hydrogen-bond acceptors (Lipinski definition) is 0. The Morgan fingerprint density at radius 2 is 2.25 bits per heavy atom. The van der Waals surface area contributed by atoms with Crippen molar-refractivity contribution in [3.63, 3.8) is 0 Å². The fourth-order valence-electron chi connectivity index (χ4n) is 2.45. The minimum atomic E-state index is 0.435. The first kappa shape index (κ1) is 8.10. The molecule has 0 N–H and O–H groups in total. The summed E-state index contributed by atoms with van der Waals surface area (Å²) in [5, 5.41) is 0. The molecule has 0 bridgehead atoms. The zero-order chi connectivity index (χ0) is 8.60. The Bertz CT molecular complexity index is 234. The molecule has 0 aromatic rings. The molecule has 2 aliphatic rings. The van der Waals surface area contributed by atoms with Gasteiger partial charge in [0.15, 0.2) is 0 Å². The van der Waals surface area contributed by atoms with E-state index in [-0.39, 0.29) is 0 Å². The van der Waals surface area contributed by atoms with E-state index in [1.165, 1.54) is 25.7 Å². The van der Waals surface area contributed by atoms with Gasteiger partial charge in [-0.1, -0.05) is 44.1 Å². The first-order valence-electron chi connectivity index (χ1n) is 5.11. The zero-order valence-electron chi connectivity index (χ0n) is 8.14. The van der Waals surface area contributed by atoms with Crippen LogP contribution in [0.4, 0.5) is 0 Å². The van der Waals surface area contributed by atoms with Gasteiger partial charge in [-0.15, -0.1) is 0 Å². The first-order valence-corrected chi connectivity index (χ1v) is 5.11. The Morgan fingerprint density at radius 1 is 1.42 bits per heavy atom. The van der Waals surface area contributed by atoms with E-state index in [1.807, 2.05) is 0 Å². The van der Waals surface area contributed by atoms with Crippen molar-refractivity contribution in [2.75, 3.05) is 0 Å². The summed E-state index contributed by atoms with van der Waals surface area (Å²) in [4.78, 5) is 0. The minimum Gasteiger partial charge on any atom is -0.0810 e. The predicted molar refractivity (Wildman–Crippen MR) is 53.0 cm³/mol. The fourth-order valence-corrected chi connectivity index (χ4v) is 2.45. The Hall–Kier alpha value is -0.520. The van der Waals surface area contributed by atoms with Crippen LogP contribution < -0.4 is 0 Å². The van der Waals surface area contributed by atoms with Crippen molar-refractivity contribution in [2.24, 2.45) is 11.3 Å². The van der Waals surface area contributed by atoms with Crippen LogP contribution in [0.5, 0.6) is 0 Å². The molecule has 66 valence electrons. The highest BCUT2D eigenvalue weighted by atomic mass is 14.3. The fraction of sp³-hybridized carbons (Fsp3) is 0.667. The molecule has 0 aromatic heterocycles. The third-order valence-electron chi connectivity index (χ3n) is 3.36. The molecule has 2 aliphatic carbocycles. The maximum atomic E-state index is 2.47. The standard InChI is InChI=1S/C12H18/c1-10-6-8-12(2)7-4-3-5-11(12)9-10/h6,8-10H,3-5,7H2,1-2H3/t10-,12-/m0/s1. The monoisotopic (exact) mass is 162 g/mol. The van der Waals surface area contributed by atoms with Crippen molar-refractivity contribution in [3.05, 3.63) is 23.8 Å². The topological polar surface area (TPSA) is 0 Å². The lowest BCUT2D eigenvalue weighted by Crippen LogP contribution is -2.23. The molecular weight excluding hydrogens is 144 g/mol. The molecule has 0 amide bonds. The third kappa shape index (κ3) is 1.24. The van der Waals surface area contributed by atoms with Gasteiger partial charge >= 0.3 is 0 Å². The van der Waals surface area contributed by atoms with Crippen LogP contribution >= 0.6 is 0 Å². The van der Waals surface area contributed by atoms with E-state index in [1.54, 1.807) is 5.57 Å². The van der Waals surface area contributed by atoms with Crippen LogP contribution in [-0.2, 0) is 0 Å². The summed E-state index contributed by atoms with van der Waals surface area (Å²) >= 11 is 0. The van der Waals surface area contributed by atoms with Crippen LogP contribution in [0.2, 0.25) is 0 Å². The molecule has 0 aromatic carbocycles. The predicted octanol–water partition coefficient (Wildman–Crippen LogP) is 3.70. The van der Waals surface area contributed by atoms with Crippen LogP contribution in [0.3, 0.4) is 0 Å². The second kappa shape index (κ2) is 2.76. The highest BCUT2D eigenvalue weighted by Gasteiger charge is 2.30. The van der Waals surface area contributed by atoms with Gasteiger partial charge in [0.1, 0.15) is 0 Å². The van der Waals surface area contributed by atoms with Crippen molar-refractivity contribution in [1.82, 2.24) is 0 Å². The minimum absolute atomic E-state index is 0.435. The Labute approximate surface area is 75.4 Å². The van der Waals surface area contributed by atoms with Gasteiger partial charge in [-0.25, -0.2) is 0 Å². The molecule has 0 aliphatic heterocycles. The molecule has 0 spiro atoms. The van der Waals surface area contributed by atoms with E-state index in [9.17, 15) is 0 Å². The van der Waals surface area contributed by atoms with Crippen molar-refractivity contribution in [3.8, 4) is 0 Å². The molecule has 0 saturated heterocycles. The van der Waals surface area contributed by atoms with E-state index in [0.717, 1.165) is 0 Å². The molecule has 0 heterocycles. The van der Waals surface area contributed by atoms with Crippen molar-refractivity contribution in [2.45, 2.75) is 39.5 Å². The number of allylic oxidation sites excluding steroid dienone is 4.